The minimum Gasteiger partial charge on any atom is -0.493 e. The zero-order valence-corrected chi connectivity index (χ0v) is 13.2. The molecule has 2 aromatic rings. The molecule has 0 heterocycles. The fourth-order valence-corrected chi connectivity index (χ4v) is 2.11. The predicted octanol–water partition coefficient (Wildman–Crippen LogP) is 3.70. The van der Waals surface area contributed by atoms with E-state index in [0.29, 0.717) is 12.3 Å². The highest BCUT2D eigenvalue weighted by molar-refractivity contribution is 6.04. The number of rotatable bonds is 7. The van der Waals surface area contributed by atoms with Crippen LogP contribution in [-0.2, 0) is 11.3 Å². The van der Waals surface area contributed by atoms with Crippen LogP contribution in [0.1, 0.15) is 15.9 Å². The molecule has 24 heavy (non-hydrogen) atoms. The van der Waals surface area contributed by atoms with Gasteiger partial charge in [0.25, 0.3) is 5.91 Å². The van der Waals surface area contributed by atoms with Crippen molar-refractivity contribution in [1.82, 2.24) is 0 Å². The smallest absolute Gasteiger partial charge is 0.387 e. The minimum atomic E-state index is -2.97. The molecule has 5 nitrogen and oxygen atoms in total. The first-order chi connectivity index (χ1) is 11.5. The summed E-state index contributed by atoms with van der Waals surface area (Å²) in [5, 5.41) is 2.73. The van der Waals surface area contributed by atoms with Gasteiger partial charge in [0.05, 0.1) is 13.7 Å². The zero-order chi connectivity index (χ0) is 17.5. The van der Waals surface area contributed by atoms with Gasteiger partial charge < -0.3 is 19.5 Å². The molecule has 1 amide bonds. The monoisotopic (exact) mass is 337 g/mol. The van der Waals surface area contributed by atoms with Crippen molar-refractivity contribution in [2.75, 3.05) is 19.5 Å². The lowest BCUT2D eigenvalue weighted by molar-refractivity contribution is -0.0512. The SMILES string of the molecule is COCc1cccc(NC(=O)c2ccc(OC(F)F)c(OC)c2)c1. The number of alkyl halides is 2. The molecule has 0 aliphatic rings. The molecule has 128 valence electrons. The van der Waals surface area contributed by atoms with E-state index in [1.807, 2.05) is 6.07 Å². The summed E-state index contributed by atoms with van der Waals surface area (Å²) in [7, 11) is 2.89. The average molecular weight is 337 g/mol. The molecule has 0 spiro atoms. The lowest BCUT2D eigenvalue weighted by Crippen LogP contribution is -2.12. The Hall–Kier alpha value is -2.67. The molecular formula is C17H17F2NO4. The molecule has 0 saturated carbocycles. The van der Waals surface area contributed by atoms with E-state index in [9.17, 15) is 13.6 Å². The van der Waals surface area contributed by atoms with Gasteiger partial charge in [-0.25, -0.2) is 0 Å². The minimum absolute atomic E-state index is 0.0519. The van der Waals surface area contributed by atoms with Gasteiger partial charge in [-0.3, -0.25) is 4.79 Å². The summed E-state index contributed by atoms with van der Waals surface area (Å²) in [5.41, 5.74) is 1.76. The largest absolute Gasteiger partial charge is 0.493 e. The zero-order valence-electron chi connectivity index (χ0n) is 13.2. The number of carbonyl (C=O) groups excluding carboxylic acids is 1. The van der Waals surface area contributed by atoms with Crippen LogP contribution in [0.5, 0.6) is 11.5 Å². The molecule has 0 aliphatic heterocycles. The molecular weight excluding hydrogens is 320 g/mol. The van der Waals surface area contributed by atoms with Crippen molar-refractivity contribution in [3.8, 4) is 11.5 Å². The summed E-state index contributed by atoms with van der Waals surface area (Å²) in [6, 6.07) is 11.2. The number of nitrogens with one attached hydrogen (secondary N) is 1. The normalized spacial score (nSPS) is 10.5. The van der Waals surface area contributed by atoms with E-state index in [2.05, 4.69) is 10.1 Å². The van der Waals surface area contributed by atoms with Crippen LogP contribution in [0.15, 0.2) is 42.5 Å². The summed E-state index contributed by atoms with van der Waals surface area (Å²) in [6.45, 7) is -2.54. The second-order valence-electron chi connectivity index (χ2n) is 4.83. The van der Waals surface area contributed by atoms with E-state index in [1.54, 1.807) is 25.3 Å². The van der Waals surface area contributed by atoms with Gasteiger partial charge in [0.2, 0.25) is 0 Å². The molecule has 7 heteroatoms. The third-order valence-corrected chi connectivity index (χ3v) is 3.14. The summed E-state index contributed by atoms with van der Waals surface area (Å²) in [4.78, 5) is 12.3. The van der Waals surface area contributed by atoms with Gasteiger partial charge in [0, 0.05) is 18.4 Å². The fraction of sp³-hybridized carbons (Fsp3) is 0.235. The average Bonchev–Trinajstić information content (AvgIpc) is 2.55. The Kier molecular flexibility index (Phi) is 6.08. The molecule has 0 atom stereocenters. The van der Waals surface area contributed by atoms with Crippen LogP contribution in [0.2, 0.25) is 0 Å². The Balaban J connectivity index is 2.16. The number of benzene rings is 2. The summed E-state index contributed by atoms with van der Waals surface area (Å²) in [6.07, 6.45) is 0. The van der Waals surface area contributed by atoms with Gasteiger partial charge >= 0.3 is 6.61 Å². The Bertz CT molecular complexity index is 707. The summed E-state index contributed by atoms with van der Waals surface area (Å²) < 4.78 is 39.0. The maximum Gasteiger partial charge on any atom is 0.387 e. The third-order valence-electron chi connectivity index (χ3n) is 3.14. The molecule has 2 aromatic carbocycles. The molecule has 0 unspecified atom stereocenters. The summed E-state index contributed by atoms with van der Waals surface area (Å²) >= 11 is 0. The number of anilines is 1. The second-order valence-corrected chi connectivity index (χ2v) is 4.83. The number of hydrogen-bond acceptors (Lipinski definition) is 4. The van der Waals surface area contributed by atoms with Crippen LogP contribution >= 0.6 is 0 Å². The lowest BCUT2D eigenvalue weighted by atomic mass is 10.1. The van der Waals surface area contributed by atoms with Crippen molar-refractivity contribution in [3.05, 3.63) is 53.6 Å². The first-order valence-corrected chi connectivity index (χ1v) is 7.05. The summed E-state index contributed by atoms with van der Waals surface area (Å²) in [5.74, 6) is -0.478. The van der Waals surface area contributed by atoms with Crippen molar-refractivity contribution in [3.63, 3.8) is 0 Å². The number of ether oxygens (including phenoxy) is 3. The maximum absolute atomic E-state index is 12.3. The number of carbonyl (C=O) groups is 1. The van der Waals surface area contributed by atoms with Gasteiger partial charge in [-0.15, -0.1) is 0 Å². The van der Waals surface area contributed by atoms with Crippen molar-refractivity contribution in [2.24, 2.45) is 0 Å². The van der Waals surface area contributed by atoms with E-state index >= 15 is 0 Å². The Morgan fingerprint density at radius 2 is 1.92 bits per heavy atom. The lowest BCUT2D eigenvalue weighted by Gasteiger charge is -2.12. The van der Waals surface area contributed by atoms with Crippen molar-refractivity contribution in [1.29, 1.82) is 0 Å². The molecule has 0 saturated heterocycles. The van der Waals surface area contributed by atoms with Gasteiger partial charge in [-0.05, 0) is 35.9 Å². The maximum atomic E-state index is 12.3. The van der Waals surface area contributed by atoms with Crippen LogP contribution in [0.4, 0.5) is 14.5 Å². The highest BCUT2D eigenvalue weighted by Gasteiger charge is 2.14. The number of hydrogen-bond donors (Lipinski definition) is 1. The first-order valence-electron chi connectivity index (χ1n) is 7.05. The Morgan fingerprint density at radius 3 is 2.58 bits per heavy atom. The van der Waals surface area contributed by atoms with Crippen molar-refractivity contribution < 1.29 is 27.8 Å². The number of methoxy groups -OCH3 is 2. The fourth-order valence-electron chi connectivity index (χ4n) is 2.11. The molecule has 0 bridgehead atoms. The topological polar surface area (TPSA) is 56.8 Å². The number of amides is 1. The van der Waals surface area contributed by atoms with E-state index < -0.39 is 12.5 Å². The van der Waals surface area contributed by atoms with Crippen LogP contribution < -0.4 is 14.8 Å². The molecule has 0 aliphatic carbocycles. The quantitative estimate of drug-likeness (QED) is 0.837. The van der Waals surface area contributed by atoms with E-state index in [-0.39, 0.29) is 17.1 Å². The highest BCUT2D eigenvalue weighted by Crippen LogP contribution is 2.29. The number of halogens is 2. The van der Waals surface area contributed by atoms with Crippen LogP contribution in [0, 0.1) is 0 Å². The third kappa shape index (κ3) is 4.66. The van der Waals surface area contributed by atoms with Gasteiger partial charge in [0.1, 0.15) is 0 Å². The van der Waals surface area contributed by atoms with E-state index in [4.69, 9.17) is 9.47 Å². The van der Waals surface area contributed by atoms with Crippen molar-refractivity contribution >= 4 is 11.6 Å². The highest BCUT2D eigenvalue weighted by atomic mass is 19.3. The Morgan fingerprint density at radius 1 is 1.12 bits per heavy atom. The second kappa shape index (κ2) is 8.26. The van der Waals surface area contributed by atoms with Gasteiger partial charge in [-0.1, -0.05) is 12.1 Å². The molecule has 1 N–H and O–H groups in total. The molecule has 0 aromatic heterocycles. The Labute approximate surface area is 138 Å². The van der Waals surface area contributed by atoms with E-state index in [0.717, 1.165) is 5.56 Å². The van der Waals surface area contributed by atoms with E-state index in [1.165, 1.54) is 25.3 Å². The molecule has 0 fully saturated rings. The van der Waals surface area contributed by atoms with Crippen LogP contribution in [0.25, 0.3) is 0 Å². The van der Waals surface area contributed by atoms with Crippen molar-refractivity contribution in [2.45, 2.75) is 13.2 Å². The first kappa shape index (κ1) is 17.7. The predicted molar refractivity (Wildman–Crippen MR) is 84.7 cm³/mol. The standard InChI is InChI=1S/C17H17F2NO4/c1-22-10-11-4-3-5-13(8-11)20-16(21)12-6-7-14(24-17(18)19)15(9-12)23-2/h3-9,17H,10H2,1-2H3,(H,20,21). The van der Waals surface area contributed by atoms with Gasteiger partial charge in [-0.2, -0.15) is 8.78 Å². The van der Waals surface area contributed by atoms with Crippen LogP contribution in [0.3, 0.4) is 0 Å². The molecule has 2 rings (SSSR count). The molecule has 0 radical (unpaired) electrons. The van der Waals surface area contributed by atoms with Gasteiger partial charge in [0.15, 0.2) is 11.5 Å². The van der Waals surface area contributed by atoms with Crippen LogP contribution in [-0.4, -0.2) is 26.7 Å².